The van der Waals surface area contributed by atoms with E-state index in [1.807, 2.05) is 19.9 Å². The Morgan fingerprint density at radius 1 is 1.41 bits per heavy atom. The Hall–Kier alpha value is -1.33. The molecule has 1 atom stereocenters. The van der Waals surface area contributed by atoms with Crippen molar-refractivity contribution < 1.29 is 9.53 Å². The molecule has 0 saturated carbocycles. The van der Waals surface area contributed by atoms with Gasteiger partial charge in [-0.25, -0.2) is 9.78 Å². The summed E-state index contributed by atoms with van der Waals surface area (Å²) in [5, 5.41) is 3.47. The molecule has 1 aromatic heterocycles. The van der Waals surface area contributed by atoms with Crippen LogP contribution >= 0.6 is 12.4 Å². The SMILES string of the molecule is COC(=O)c1c(C)cc(N2CCC3(CCNC3)C2)nc1C.Cl. The Balaban J connectivity index is 0.00000176. The van der Waals surface area contributed by atoms with Crippen molar-refractivity contribution in [3.63, 3.8) is 0 Å². The average Bonchev–Trinajstić information content (AvgIpc) is 3.08. The lowest BCUT2D eigenvalue weighted by Crippen LogP contribution is -2.29. The number of aromatic nitrogens is 1. The third-order valence-electron chi connectivity index (χ3n) is 4.87. The number of nitrogens with one attached hydrogen (secondary N) is 1. The molecule has 2 aliphatic heterocycles. The van der Waals surface area contributed by atoms with Gasteiger partial charge >= 0.3 is 5.97 Å². The van der Waals surface area contributed by atoms with Gasteiger partial charge in [-0.15, -0.1) is 12.4 Å². The molecule has 1 aromatic rings. The predicted octanol–water partition coefficient (Wildman–Crippen LogP) is 2.10. The number of carbonyl (C=O) groups is 1. The van der Waals surface area contributed by atoms with Gasteiger partial charge in [0.05, 0.1) is 18.4 Å². The first-order valence-corrected chi connectivity index (χ1v) is 7.57. The van der Waals surface area contributed by atoms with Gasteiger partial charge < -0.3 is 15.0 Å². The van der Waals surface area contributed by atoms with Crippen LogP contribution in [0.15, 0.2) is 6.07 Å². The van der Waals surface area contributed by atoms with Gasteiger partial charge in [-0.05, 0) is 44.9 Å². The van der Waals surface area contributed by atoms with Gasteiger partial charge in [0.25, 0.3) is 0 Å². The number of hydrogen-bond donors (Lipinski definition) is 1. The van der Waals surface area contributed by atoms with Crippen LogP contribution in [0, 0.1) is 19.3 Å². The van der Waals surface area contributed by atoms with Gasteiger partial charge in [0.15, 0.2) is 0 Å². The van der Waals surface area contributed by atoms with E-state index in [2.05, 4.69) is 15.2 Å². The van der Waals surface area contributed by atoms with Crippen LogP contribution in [0.2, 0.25) is 0 Å². The molecule has 1 N–H and O–H groups in total. The van der Waals surface area contributed by atoms with Crippen molar-refractivity contribution in [1.82, 2.24) is 10.3 Å². The normalized spacial score (nSPS) is 23.7. The minimum atomic E-state index is -0.304. The zero-order valence-electron chi connectivity index (χ0n) is 13.4. The van der Waals surface area contributed by atoms with Crippen LogP contribution in [0.5, 0.6) is 0 Å². The number of hydrogen-bond acceptors (Lipinski definition) is 5. The summed E-state index contributed by atoms with van der Waals surface area (Å²) in [6.45, 7) is 8.18. The molecule has 1 spiro atoms. The molecular weight excluding hydrogens is 302 g/mol. The van der Waals surface area contributed by atoms with Crippen LogP contribution in [-0.2, 0) is 4.74 Å². The smallest absolute Gasteiger partial charge is 0.339 e. The zero-order valence-corrected chi connectivity index (χ0v) is 14.3. The number of aryl methyl sites for hydroxylation is 2. The summed E-state index contributed by atoms with van der Waals surface area (Å²) in [6, 6.07) is 2.01. The van der Waals surface area contributed by atoms with Crippen LogP contribution in [0.25, 0.3) is 0 Å². The lowest BCUT2D eigenvalue weighted by Gasteiger charge is -2.24. The van der Waals surface area contributed by atoms with Gasteiger partial charge in [-0.3, -0.25) is 0 Å². The summed E-state index contributed by atoms with van der Waals surface area (Å²) in [5.74, 6) is 0.684. The zero-order chi connectivity index (χ0) is 15.0. The number of rotatable bonds is 2. The fourth-order valence-corrected chi connectivity index (χ4v) is 3.66. The molecular formula is C16H24ClN3O2. The van der Waals surface area contributed by atoms with Crippen molar-refractivity contribution in [3.8, 4) is 0 Å². The van der Waals surface area contributed by atoms with E-state index in [0.29, 0.717) is 11.0 Å². The predicted molar refractivity (Wildman–Crippen MR) is 89.0 cm³/mol. The molecule has 2 aliphatic rings. The molecule has 6 heteroatoms. The molecule has 2 fully saturated rings. The van der Waals surface area contributed by atoms with Crippen LogP contribution in [0.3, 0.4) is 0 Å². The third kappa shape index (κ3) is 2.92. The lowest BCUT2D eigenvalue weighted by molar-refractivity contribution is 0.0598. The van der Waals surface area contributed by atoms with E-state index < -0.39 is 0 Å². The Labute approximate surface area is 137 Å². The average molecular weight is 326 g/mol. The summed E-state index contributed by atoms with van der Waals surface area (Å²) in [4.78, 5) is 18.8. The molecule has 22 heavy (non-hydrogen) atoms. The second kappa shape index (κ2) is 6.42. The molecule has 3 heterocycles. The summed E-state index contributed by atoms with van der Waals surface area (Å²) in [5.41, 5.74) is 2.71. The van der Waals surface area contributed by atoms with Crippen LogP contribution in [0.1, 0.15) is 34.5 Å². The maximum atomic E-state index is 11.8. The summed E-state index contributed by atoms with van der Waals surface area (Å²) in [7, 11) is 1.41. The molecule has 0 radical (unpaired) electrons. The fraction of sp³-hybridized carbons (Fsp3) is 0.625. The van der Waals surface area contributed by atoms with E-state index in [0.717, 1.165) is 43.3 Å². The molecule has 0 amide bonds. The number of carbonyl (C=O) groups excluding carboxylic acids is 1. The van der Waals surface area contributed by atoms with E-state index in [1.165, 1.54) is 20.0 Å². The van der Waals surface area contributed by atoms with E-state index in [-0.39, 0.29) is 18.4 Å². The molecule has 2 saturated heterocycles. The van der Waals surface area contributed by atoms with Crippen molar-refractivity contribution >= 4 is 24.2 Å². The monoisotopic (exact) mass is 325 g/mol. The quantitative estimate of drug-likeness (QED) is 0.844. The van der Waals surface area contributed by atoms with Gasteiger partial charge in [0.1, 0.15) is 5.82 Å². The molecule has 122 valence electrons. The first-order valence-electron chi connectivity index (χ1n) is 7.57. The summed E-state index contributed by atoms with van der Waals surface area (Å²) < 4.78 is 4.84. The van der Waals surface area contributed by atoms with Crippen molar-refractivity contribution in [2.24, 2.45) is 5.41 Å². The molecule has 5 nitrogen and oxygen atoms in total. The topological polar surface area (TPSA) is 54.5 Å². The minimum Gasteiger partial charge on any atom is -0.465 e. The number of pyridine rings is 1. The molecule has 0 bridgehead atoms. The van der Waals surface area contributed by atoms with Gasteiger partial charge in [-0.1, -0.05) is 0 Å². The maximum absolute atomic E-state index is 11.8. The highest BCUT2D eigenvalue weighted by Crippen LogP contribution is 2.38. The van der Waals surface area contributed by atoms with Crippen LogP contribution in [0.4, 0.5) is 5.82 Å². The van der Waals surface area contributed by atoms with E-state index in [1.54, 1.807) is 0 Å². The number of nitrogens with zero attached hydrogens (tertiary/aromatic N) is 2. The van der Waals surface area contributed by atoms with Crippen LogP contribution < -0.4 is 10.2 Å². The number of methoxy groups -OCH3 is 1. The standard InChI is InChI=1S/C16H23N3O2.ClH/c1-11-8-13(18-12(2)14(11)15(20)21-3)19-7-5-16(10-19)4-6-17-9-16;/h8,17H,4-7,9-10H2,1-3H3;1H. The third-order valence-corrected chi connectivity index (χ3v) is 4.87. The van der Waals surface area contributed by atoms with E-state index >= 15 is 0 Å². The Morgan fingerprint density at radius 3 is 2.77 bits per heavy atom. The van der Waals surface area contributed by atoms with Crippen molar-refractivity contribution in [1.29, 1.82) is 0 Å². The van der Waals surface area contributed by atoms with Gasteiger partial charge in [-0.2, -0.15) is 0 Å². The minimum absolute atomic E-state index is 0. The highest BCUT2D eigenvalue weighted by atomic mass is 35.5. The Bertz CT molecular complexity index is 548. The summed E-state index contributed by atoms with van der Waals surface area (Å²) in [6.07, 6.45) is 2.47. The van der Waals surface area contributed by atoms with Gasteiger partial charge in [0, 0.05) is 25.0 Å². The molecule has 1 unspecified atom stereocenters. The first kappa shape index (κ1) is 17.0. The van der Waals surface area contributed by atoms with Gasteiger partial charge in [0.2, 0.25) is 0 Å². The largest absolute Gasteiger partial charge is 0.465 e. The second-order valence-electron chi connectivity index (χ2n) is 6.35. The number of esters is 1. The first-order chi connectivity index (χ1) is 10.0. The van der Waals surface area contributed by atoms with Crippen molar-refractivity contribution in [2.45, 2.75) is 26.7 Å². The van der Waals surface area contributed by atoms with Crippen molar-refractivity contribution in [3.05, 3.63) is 22.9 Å². The molecule has 0 aliphatic carbocycles. The Morgan fingerprint density at radius 2 is 2.18 bits per heavy atom. The number of ether oxygens (including phenoxy) is 1. The van der Waals surface area contributed by atoms with Crippen molar-refractivity contribution in [2.75, 3.05) is 38.2 Å². The van der Waals surface area contributed by atoms with Crippen LogP contribution in [-0.4, -0.2) is 44.2 Å². The highest BCUT2D eigenvalue weighted by molar-refractivity contribution is 5.92. The van der Waals surface area contributed by atoms with E-state index in [4.69, 9.17) is 4.74 Å². The molecule has 0 aromatic carbocycles. The molecule has 3 rings (SSSR count). The number of halogens is 1. The number of anilines is 1. The Kier molecular flexibility index (Phi) is 4.97. The fourth-order valence-electron chi connectivity index (χ4n) is 3.66. The summed E-state index contributed by atoms with van der Waals surface area (Å²) >= 11 is 0. The maximum Gasteiger partial charge on any atom is 0.339 e. The van der Waals surface area contributed by atoms with E-state index in [9.17, 15) is 4.79 Å². The second-order valence-corrected chi connectivity index (χ2v) is 6.35. The lowest BCUT2D eigenvalue weighted by atomic mass is 9.87. The highest BCUT2D eigenvalue weighted by Gasteiger charge is 2.40.